The molecule has 0 spiro atoms. The molecule has 0 aliphatic heterocycles. The van der Waals surface area contributed by atoms with Gasteiger partial charge < -0.3 is 10.5 Å². The second kappa shape index (κ2) is 5.27. The lowest BCUT2D eigenvalue weighted by Crippen LogP contribution is -2.00. The molecule has 2 aromatic rings. The molecule has 2 rings (SSSR count). The molecular weight excluding hydrogens is 253 g/mol. The second-order valence-electron chi connectivity index (χ2n) is 4.07. The number of anilines is 1. The average Bonchev–Trinajstić information content (AvgIpc) is 2.32. The first-order valence-electron chi connectivity index (χ1n) is 5.49. The summed E-state index contributed by atoms with van der Waals surface area (Å²) < 4.78 is 18.5. The molecule has 0 unspecified atom stereocenters. The van der Waals surface area contributed by atoms with Crippen molar-refractivity contribution in [2.75, 3.05) is 5.73 Å². The number of aryl methyl sites for hydroxylation is 1. The van der Waals surface area contributed by atoms with Crippen LogP contribution in [0.15, 0.2) is 36.4 Å². The Balaban J connectivity index is 2.13. The number of ether oxygens (including phenoxy) is 1. The van der Waals surface area contributed by atoms with E-state index >= 15 is 0 Å². The lowest BCUT2D eigenvalue weighted by atomic mass is 10.1. The number of nitrogens with two attached hydrogens (primary N) is 1. The van der Waals surface area contributed by atoms with E-state index in [0.29, 0.717) is 16.5 Å². The quantitative estimate of drug-likeness (QED) is 0.853. The molecule has 0 bridgehead atoms. The molecule has 0 atom stereocenters. The van der Waals surface area contributed by atoms with Crippen LogP contribution >= 0.6 is 11.6 Å². The first kappa shape index (κ1) is 12.7. The summed E-state index contributed by atoms with van der Waals surface area (Å²) in [4.78, 5) is 0. The van der Waals surface area contributed by atoms with E-state index in [-0.39, 0.29) is 12.4 Å². The van der Waals surface area contributed by atoms with E-state index in [2.05, 4.69) is 0 Å². The Morgan fingerprint density at radius 2 is 2.00 bits per heavy atom. The van der Waals surface area contributed by atoms with Gasteiger partial charge >= 0.3 is 0 Å². The van der Waals surface area contributed by atoms with Gasteiger partial charge in [0, 0.05) is 16.7 Å². The van der Waals surface area contributed by atoms with Gasteiger partial charge in [0.25, 0.3) is 0 Å². The Morgan fingerprint density at radius 1 is 1.22 bits per heavy atom. The number of hydrogen-bond donors (Lipinski definition) is 1. The summed E-state index contributed by atoms with van der Waals surface area (Å²) in [5, 5.41) is 0.630. The van der Waals surface area contributed by atoms with E-state index in [9.17, 15) is 4.39 Å². The van der Waals surface area contributed by atoms with E-state index < -0.39 is 0 Å². The molecule has 2 N–H and O–H groups in total. The zero-order valence-corrected chi connectivity index (χ0v) is 10.7. The fourth-order valence-electron chi connectivity index (χ4n) is 1.56. The van der Waals surface area contributed by atoms with Gasteiger partial charge in [0.15, 0.2) is 0 Å². The van der Waals surface area contributed by atoms with Crippen molar-refractivity contribution in [3.05, 3.63) is 58.4 Å². The highest BCUT2D eigenvalue weighted by atomic mass is 35.5. The fourth-order valence-corrected chi connectivity index (χ4v) is 1.85. The molecule has 2 nitrogen and oxygen atoms in total. The number of nitrogen functional groups attached to an aromatic ring is 1. The van der Waals surface area contributed by atoms with Crippen LogP contribution in [0.2, 0.25) is 5.02 Å². The smallest absolute Gasteiger partial charge is 0.145 e. The van der Waals surface area contributed by atoms with E-state index in [1.807, 2.05) is 25.1 Å². The molecule has 0 aliphatic rings. The Kier molecular flexibility index (Phi) is 3.72. The third-order valence-corrected chi connectivity index (χ3v) is 2.92. The molecular formula is C14H13ClFNO. The first-order valence-corrected chi connectivity index (χ1v) is 5.87. The van der Waals surface area contributed by atoms with Crippen molar-refractivity contribution in [2.24, 2.45) is 0 Å². The lowest BCUT2D eigenvalue weighted by Gasteiger charge is -2.10. The van der Waals surface area contributed by atoms with Gasteiger partial charge in [0.2, 0.25) is 0 Å². The Bertz CT molecular complexity index is 572. The van der Waals surface area contributed by atoms with Crippen molar-refractivity contribution >= 4 is 17.3 Å². The Hall–Kier alpha value is -1.74. The molecule has 0 fully saturated rings. The predicted molar refractivity (Wildman–Crippen MR) is 71.3 cm³/mol. The largest absolute Gasteiger partial charge is 0.487 e. The van der Waals surface area contributed by atoms with E-state index in [4.69, 9.17) is 22.1 Å². The minimum absolute atomic E-state index is 0.257. The maximum absolute atomic E-state index is 13.0. The van der Waals surface area contributed by atoms with Gasteiger partial charge in [-0.05, 0) is 30.7 Å². The highest BCUT2D eigenvalue weighted by Crippen LogP contribution is 2.25. The number of hydrogen-bond acceptors (Lipinski definition) is 2. The minimum atomic E-state index is -0.380. The Morgan fingerprint density at radius 3 is 2.72 bits per heavy atom. The van der Waals surface area contributed by atoms with Crippen LogP contribution in [-0.2, 0) is 6.61 Å². The molecule has 2 aromatic carbocycles. The summed E-state index contributed by atoms with van der Waals surface area (Å²) >= 11 is 6.08. The molecule has 18 heavy (non-hydrogen) atoms. The van der Waals surface area contributed by atoms with Crippen molar-refractivity contribution in [1.29, 1.82) is 0 Å². The molecule has 0 aliphatic carbocycles. The topological polar surface area (TPSA) is 35.2 Å². The maximum Gasteiger partial charge on any atom is 0.145 e. The van der Waals surface area contributed by atoms with Crippen LogP contribution < -0.4 is 10.5 Å². The van der Waals surface area contributed by atoms with Crippen molar-refractivity contribution < 1.29 is 9.13 Å². The van der Waals surface area contributed by atoms with Crippen LogP contribution in [0.3, 0.4) is 0 Å². The standard InChI is InChI=1S/C14H13ClFNO/c1-9-2-3-10(12(15)6-9)8-18-14-7-11(16)4-5-13(14)17/h2-7H,8,17H2,1H3. The van der Waals surface area contributed by atoms with Crippen LogP contribution in [0.5, 0.6) is 5.75 Å². The van der Waals surface area contributed by atoms with Gasteiger partial charge in [0.1, 0.15) is 18.2 Å². The maximum atomic E-state index is 13.0. The molecule has 0 saturated heterocycles. The molecule has 0 amide bonds. The predicted octanol–water partition coefficient (Wildman–Crippen LogP) is 3.95. The van der Waals surface area contributed by atoms with Crippen LogP contribution in [-0.4, -0.2) is 0 Å². The van der Waals surface area contributed by atoms with Gasteiger partial charge in [-0.15, -0.1) is 0 Å². The van der Waals surface area contributed by atoms with Gasteiger partial charge in [-0.2, -0.15) is 0 Å². The average molecular weight is 266 g/mol. The Labute approximate surface area is 110 Å². The fraction of sp³-hybridized carbons (Fsp3) is 0.143. The van der Waals surface area contributed by atoms with Crippen LogP contribution in [0, 0.1) is 12.7 Å². The molecule has 0 radical (unpaired) electrons. The van der Waals surface area contributed by atoms with Crippen molar-refractivity contribution in [2.45, 2.75) is 13.5 Å². The van der Waals surface area contributed by atoms with Crippen molar-refractivity contribution in [3.8, 4) is 5.75 Å². The van der Waals surface area contributed by atoms with Crippen LogP contribution in [0.25, 0.3) is 0 Å². The number of halogens is 2. The molecule has 0 aromatic heterocycles. The zero-order chi connectivity index (χ0) is 13.1. The summed E-state index contributed by atoms with van der Waals surface area (Å²) in [7, 11) is 0. The second-order valence-corrected chi connectivity index (χ2v) is 4.47. The number of rotatable bonds is 3. The van der Waals surface area contributed by atoms with Crippen molar-refractivity contribution in [1.82, 2.24) is 0 Å². The monoisotopic (exact) mass is 265 g/mol. The molecule has 4 heteroatoms. The van der Waals surface area contributed by atoms with Gasteiger partial charge in [-0.1, -0.05) is 23.7 Å². The van der Waals surface area contributed by atoms with Gasteiger partial charge in [-0.3, -0.25) is 0 Å². The highest BCUT2D eigenvalue weighted by Gasteiger charge is 2.05. The minimum Gasteiger partial charge on any atom is -0.487 e. The normalized spacial score (nSPS) is 10.4. The van der Waals surface area contributed by atoms with Gasteiger partial charge in [0.05, 0.1) is 5.69 Å². The molecule has 0 saturated carbocycles. The summed E-state index contributed by atoms with van der Waals surface area (Å²) in [5.74, 6) is -0.0548. The van der Waals surface area contributed by atoms with E-state index in [1.165, 1.54) is 18.2 Å². The first-order chi connectivity index (χ1) is 8.56. The highest BCUT2D eigenvalue weighted by molar-refractivity contribution is 6.31. The third-order valence-electron chi connectivity index (χ3n) is 2.57. The van der Waals surface area contributed by atoms with Crippen LogP contribution in [0.4, 0.5) is 10.1 Å². The van der Waals surface area contributed by atoms with E-state index in [1.54, 1.807) is 0 Å². The van der Waals surface area contributed by atoms with Crippen LogP contribution in [0.1, 0.15) is 11.1 Å². The summed E-state index contributed by atoms with van der Waals surface area (Å²) in [6.45, 7) is 2.22. The molecule has 0 heterocycles. The van der Waals surface area contributed by atoms with Gasteiger partial charge in [-0.25, -0.2) is 4.39 Å². The zero-order valence-electron chi connectivity index (χ0n) is 9.91. The SMILES string of the molecule is Cc1ccc(COc2cc(F)ccc2N)c(Cl)c1. The van der Waals surface area contributed by atoms with E-state index in [0.717, 1.165) is 11.1 Å². The van der Waals surface area contributed by atoms with Crippen molar-refractivity contribution in [3.63, 3.8) is 0 Å². The number of benzene rings is 2. The summed E-state index contributed by atoms with van der Waals surface area (Å²) in [6, 6.07) is 9.71. The molecule has 94 valence electrons. The lowest BCUT2D eigenvalue weighted by molar-refractivity contribution is 0.306. The third kappa shape index (κ3) is 2.93. The summed E-state index contributed by atoms with van der Waals surface area (Å²) in [5.41, 5.74) is 8.01. The summed E-state index contributed by atoms with van der Waals surface area (Å²) in [6.07, 6.45) is 0.